The van der Waals surface area contributed by atoms with Gasteiger partial charge in [-0.15, -0.1) is 0 Å². The Bertz CT molecular complexity index is 800. The highest BCUT2D eigenvalue weighted by molar-refractivity contribution is 6.06. The van der Waals surface area contributed by atoms with Crippen molar-refractivity contribution in [3.63, 3.8) is 0 Å². The normalized spacial score (nSPS) is 11.3. The highest BCUT2D eigenvalue weighted by Gasteiger charge is 2.10. The number of fused-ring (bicyclic) bond motifs is 1. The van der Waals surface area contributed by atoms with Crippen LogP contribution in [-0.2, 0) is 6.42 Å². The number of rotatable bonds is 4. The second-order valence-corrected chi connectivity index (χ2v) is 4.81. The number of carbonyl (C=O) groups is 1. The van der Waals surface area contributed by atoms with Gasteiger partial charge in [0.15, 0.2) is 0 Å². The van der Waals surface area contributed by atoms with Gasteiger partial charge in [0.2, 0.25) is 5.78 Å². The van der Waals surface area contributed by atoms with Crippen LogP contribution >= 0.6 is 0 Å². The number of benzene rings is 1. The second-order valence-electron chi connectivity index (χ2n) is 4.81. The highest BCUT2D eigenvalue weighted by Crippen LogP contribution is 2.15. The molecular weight excluding hydrogens is 260 g/mol. The third-order valence-corrected chi connectivity index (χ3v) is 3.47. The van der Waals surface area contributed by atoms with E-state index in [0.717, 1.165) is 23.2 Å². The van der Waals surface area contributed by atoms with Crippen molar-refractivity contribution in [3.8, 4) is 0 Å². The van der Waals surface area contributed by atoms with Gasteiger partial charge in [0.05, 0.1) is 16.9 Å². The molecule has 0 radical (unpaired) electrons. The molecule has 0 saturated carbocycles. The summed E-state index contributed by atoms with van der Waals surface area (Å²) in [6, 6.07) is 13.6. The van der Waals surface area contributed by atoms with E-state index in [9.17, 15) is 4.79 Å². The SMILES string of the molecule is CCc1nccn2c(C(=O)/C=C/c3ccccc3)ccc12. The van der Waals surface area contributed by atoms with Crippen LogP contribution in [0.5, 0.6) is 0 Å². The summed E-state index contributed by atoms with van der Waals surface area (Å²) in [4.78, 5) is 16.7. The first-order chi connectivity index (χ1) is 10.3. The van der Waals surface area contributed by atoms with E-state index < -0.39 is 0 Å². The summed E-state index contributed by atoms with van der Waals surface area (Å²) < 4.78 is 1.91. The molecule has 0 spiro atoms. The molecule has 21 heavy (non-hydrogen) atoms. The Labute approximate surface area is 123 Å². The maximum Gasteiger partial charge on any atom is 0.202 e. The summed E-state index contributed by atoms with van der Waals surface area (Å²) in [5.74, 6) is -0.00731. The van der Waals surface area contributed by atoms with Crippen molar-refractivity contribution >= 4 is 17.4 Å². The fourth-order valence-corrected chi connectivity index (χ4v) is 2.39. The summed E-state index contributed by atoms with van der Waals surface area (Å²) >= 11 is 0. The molecule has 1 aromatic carbocycles. The Morgan fingerprint density at radius 1 is 1.19 bits per heavy atom. The van der Waals surface area contributed by atoms with E-state index in [1.807, 2.05) is 59.1 Å². The van der Waals surface area contributed by atoms with Gasteiger partial charge in [-0.2, -0.15) is 0 Å². The van der Waals surface area contributed by atoms with Gasteiger partial charge in [-0.1, -0.05) is 43.3 Å². The van der Waals surface area contributed by atoms with Crippen molar-refractivity contribution in [3.05, 3.63) is 77.9 Å². The van der Waals surface area contributed by atoms with Crippen LogP contribution in [0.25, 0.3) is 11.6 Å². The first kappa shape index (κ1) is 13.3. The summed E-state index contributed by atoms with van der Waals surface area (Å²) in [7, 11) is 0. The third-order valence-electron chi connectivity index (χ3n) is 3.47. The van der Waals surface area contributed by atoms with Gasteiger partial charge >= 0.3 is 0 Å². The number of nitrogens with zero attached hydrogens (tertiary/aromatic N) is 2. The molecule has 0 N–H and O–H groups in total. The van der Waals surface area contributed by atoms with Crippen molar-refractivity contribution < 1.29 is 4.79 Å². The van der Waals surface area contributed by atoms with Gasteiger partial charge in [0.1, 0.15) is 0 Å². The Balaban J connectivity index is 1.94. The fraction of sp³-hybridized carbons (Fsp3) is 0.111. The van der Waals surface area contributed by atoms with Gasteiger partial charge < -0.3 is 4.40 Å². The predicted molar refractivity (Wildman–Crippen MR) is 84.4 cm³/mol. The molecule has 0 fully saturated rings. The Morgan fingerprint density at radius 2 is 2.00 bits per heavy atom. The molecule has 2 aromatic heterocycles. The van der Waals surface area contributed by atoms with Gasteiger partial charge in [-0.3, -0.25) is 9.78 Å². The number of hydrogen-bond donors (Lipinski definition) is 0. The van der Waals surface area contributed by atoms with E-state index in [0.29, 0.717) is 5.69 Å². The average molecular weight is 276 g/mol. The first-order valence-corrected chi connectivity index (χ1v) is 7.02. The first-order valence-electron chi connectivity index (χ1n) is 7.02. The van der Waals surface area contributed by atoms with Crippen LogP contribution in [0.2, 0.25) is 0 Å². The zero-order chi connectivity index (χ0) is 14.7. The lowest BCUT2D eigenvalue weighted by Gasteiger charge is -2.02. The van der Waals surface area contributed by atoms with E-state index in [1.54, 1.807) is 12.3 Å². The number of ketones is 1. The van der Waals surface area contributed by atoms with Crippen molar-refractivity contribution in [1.29, 1.82) is 0 Å². The molecule has 0 aliphatic rings. The summed E-state index contributed by atoms with van der Waals surface area (Å²) in [6.07, 6.45) is 7.87. The van der Waals surface area contributed by atoms with Gasteiger partial charge in [0.25, 0.3) is 0 Å². The number of hydrogen-bond acceptors (Lipinski definition) is 2. The van der Waals surface area contributed by atoms with Crippen molar-refractivity contribution in [2.45, 2.75) is 13.3 Å². The van der Waals surface area contributed by atoms with Crippen LogP contribution in [0, 0.1) is 0 Å². The molecule has 0 unspecified atom stereocenters. The number of carbonyl (C=O) groups excluding carboxylic acids is 1. The van der Waals surface area contributed by atoms with Crippen molar-refractivity contribution in [2.75, 3.05) is 0 Å². The van der Waals surface area contributed by atoms with Crippen LogP contribution in [0.1, 0.15) is 28.7 Å². The van der Waals surface area contributed by atoms with Crippen LogP contribution in [0.4, 0.5) is 0 Å². The van der Waals surface area contributed by atoms with Crippen molar-refractivity contribution in [1.82, 2.24) is 9.38 Å². The summed E-state index contributed by atoms with van der Waals surface area (Å²) in [6.45, 7) is 2.06. The molecule has 3 rings (SSSR count). The molecule has 0 bridgehead atoms. The second kappa shape index (κ2) is 5.75. The zero-order valence-corrected chi connectivity index (χ0v) is 11.9. The number of aromatic nitrogens is 2. The third kappa shape index (κ3) is 2.63. The maximum absolute atomic E-state index is 12.4. The Morgan fingerprint density at radius 3 is 2.76 bits per heavy atom. The molecule has 104 valence electrons. The molecule has 0 aliphatic carbocycles. The Kier molecular flexibility index (Phi) is 3.65. The molecule has 0 atom stereocenters. The van der Waals surface area contributed by atoms with E-state index in [-0.39, 0.29) is 5.78 Å². The van der Waals surface area contributed by atoms with Gasteiger partial charge in [0, 0.05) is 12.4 Å². The minimum absolute atomic E-state index is 0.00731. The standard InChI is InChI=1S/C18H16N2O/c1-2-15-16-9-10-17(20(16)13-12-19-15)18(21)11-8-14-6-4-3-5-7-14/h3-13H,2H2,1H3/b11-8+. The van der Waals surface area contributed by atoms with Gasteiger partial charge in [-0.05, 0) is 30.2 Å². The molecule has 2 heterocycles. The summed E-state index contributed by atoms with van der Waals surface area (Å²) in [5, 5.41) is 0. The predicted octanol–water partition coefficient (Wildman–Crippen LogP) is 3.79. The number of aryl methyl sites for hydroxylation is 1. The maximum atomic E-state index is 12.4. The lowest BCUT2D eigenvalue weighted by atomic mass is 10.2. The summed E-state index contributed by atoms with van der Waals surface area (Å²) in [5.41, 5.74) is 3.68. The fourth-order valence-electron chi connectivity index (χ4n) is 2.39. The van der Waals surface area contributed by atoms with Crippen LogP contribution in [-0.4, -0.2) is 15.2 Å². The molecule has 0 saturated heterocycles. The zero-order valence-electron chi connectivity index (χ0n) is 11.9. The van der Waals surface area contributed by atoms with E-state index in [4.69, 9.17) is 0 Å². The van der Waals surface area contributed by atoms with Crippen LogP contribution in [0.15, 0.2) is 60.9 Å². The lowest BCUT2D eigenvalue weighted by Crippen LogP contribution is -2.02. The van der Waals surface area contributed by atoms with Crippen LogP contribution < -0.4 is 0 Å². The van der Waals surface area contributed by atoms with E-state index >= 15 is 0 Å². The molecule has 3 heteroatoms. The van der Waals surface area contributed by atoms with Gasteiger partial charge in [-0.25, -0.2) is 0 Å². The molecule has 3 nitrogen and oxygen atoms in total. The topological polar surface area (TPSA) is 34.4 Å². The van der Waals surface area contributed by atoms with E-state index in [1.165, 1.54) is 0 Å². The largest absolute Gasteiger partial charge is 0.310 e. The van der Waals surface area contributed by atoms with Crippen molar-refractivity contribution in [2.24, 2.45) is 0 Å². The highest BCUT2D eigenvalue weighted by atomic mass is 16.1. The minimum Gasteiger partial charge on any atom is -0.310 e. The van der Waals surface area contributed by atoms with E-state index in [2.05, 4.69) is 11.9 Å². The smallest absolute Gasteiger partial charge is 0.202 e. The Hall–Kier alpha value is -2.68. The number of allylic oxidation sites excluding steroid dienone is 1. The quantitative estimate of drug-likeness (QED) is 0.536. The minimum atomic E-state index is -0.00731. The molecule has 0 aliphatic heterocycles. The lowest BCUT2D eigenvalue weighted by molar-refractivity contribution is 0.104. The molecule has 3 aromatic rings. The van der Waals surface area contributed by atoms with Crippen LogP contribution in [0.3, 0.4) is 0 Å². The molecular formula is C18H16N2O. The molecule has 0 amide bonds. The average Bonchev–Trinajstić information content (AvgIpc) is 2.97. The monoisotopic (exact) mass is 276 g/mol.